The molecule has 2 N–H and O–H groups in total. The first kappa shape index (κ1) is 16.5. The second kappa shape index (κ2) is 7.44. The smallest absolute Gasteiger partial charge is 0.315 e. The average molecular weight is 330 g/mol. The number of rotatable bonds is 6. The molecule has 0 unspecified atom stereocenters. The summed E-state index contributed by atoms with van der Waals surface area (Å²) in [4.78, 5) is 11.6. The first-order chi connectivity index (χ1) is 10.5. The molecular weight excluding hydrogens is 311 g/mol. The standard InChI is InChI=1S/C14H19FN2O4S/c15-12-4-1-2-5-13(12)21-8-3-7-16-14(18)17-11-6-9-22(19,20)10-11/h1-2,4-5,11H,3,6-10H2,(H2,16,17,18)/t11-/m1/s1. The van der Waals surface area contributed by atoms with Crippen LogP contribution in [0.1, 0.15) is 12.8 Å². The topological polar surface area (TPSA) is 84.5 Å². The van der Waals surface area contributed by atoms with Crippen molar-refractivity contribution in [2.75, 3.05) is 24.7 Å². The summed E-state index contributed by atoms with van der Waals surface area (Å²) in [5, 5.41) is 5.24. The third-order valence-electron chi connectivity index (χ3n) is 3.27. The summed E-state index contributed by atoms with van der Waals surface area (Å²) in [7, 11) is -3.00. The molecule has 0 saturated carbocycles. The van der Waals surface area contributed by atoms with Crippen LogP contribution in [0.4, 0.5) is 9.18 Å². The van der Waals surface area contributed by atoms with Crippen molar-refractivity contribution in [3.8, 4) is 5.75 Å². The number of halogens is 1. The quantitative estimate of drug-likeness (QED) is 0.765. The average Bonchev–Trinajstić information content (AvgIpc) is 2.79. The Hall–Kier alpha value is -1.83. The van der Waals surface area contributed by atoms with E-state index in [1.165, 1.54) is 12.1 Å². The zero-order valence-corrected chi connectivity index (χ0v) is 12.9. The highest BCUT2D eigenvalue weighted by molar-refractivity contribution is 7.91. The molecular formula is C14H19FN2O4S. The van der Waals surface area contributed by atoms with E-state index in [2.05, 4.69) is 10.6 Å². The van der Waals surface area contributed by atoms with Crippen LogP contribution in [-0.4, -0.2) is 45.1 Å². The number of carbonyl (C=O) groups excluding carboxylic acids is 1. The largest absolute Gasteiger partial charge is 0.490 e. The lowest BCUT2D eigenvalue weighted by Gasteiger charge is -2.12. The van der Waals surface area contributed by atoms with Crippen molar-refractivity contribution in [1.29, 1.82) is 0 Å². The normalized spacial score (nSPS) is 19.6. The van der Waals surface area contributed by atoms with Gasteiger partial charge in [0.25, 0.3) is 0 Å². The van der Waals surface area contributed by atoms with Crippen molar-refractivity contribution < 1.29 is 22.3 Å². The summed E-state index contributed by atoms with van der Waals surface area (Å²) < 4.78 is 41.0. The Balaban J connectivity index is 1.59. The molecule has 2 rings (SSSR count). The highest BCUT2D eigenvalue weighted by Crippen LogP contribution is 2.15. The number of amides is 2. The van der Waals surface area contributed by atoms with Crippen LogP contribution in [0.25, 0.3) is 0 Å². The van der Waals surface area contributed by atoms with Gasteiger partial charge in [0, 0.05) is 12.6 Å². The molecule has 1 aliphatic heterocycles. The van der Waals surface area contributed by atoms with Crippen molar-refractivity contribution in [1.82, 2.24) is 10.6 Å². The van der Waals surface area contributed by atoms with Gasteiger partial charge in [0.15, 0.2) is 21.4 Å². The fourth-order valence-corrected chi connectivity index (χ4v) is 3.84. The molecule has 6 nitrogen and oxygen atoms in total. The Morgan fingerprint density at radius 3 is 2.82 bits per heavy atom. The summed E-state index contributed by atoms with van der Waals surface area (Å²) in [5.41, 5.74) is 0. The Kier molecular flexibility index (Phi) is 5.59. The number of para-hydroxylation sites is 1. The van der Waals surface area contributed by atoms with E-state index in [0.717, 1.165) is 0 Å². The summed E-state index contributed by atoms with van der Waals surface area (Å²) in [6, 6.07) is 5.40. The highest BCUT2D eigenvalue weighted by Gasteiger charge is 2.28. The maximum absolute atomic E-state index is 13.3. The summed E-state index contributed by atoms with van der Waals surface area (Å²) in [6.07, 6.45) is 0.969. The molecule has 1 saturated heterocycles. The molecule has 8 heteroatoms. The molecule has 1 heterocycles. The SMILES string of the molecule is O=C(NCCCOc1ccccc1F)N[C@@H]1CCS(=O)(=O)C1. The minimum Gasteiger partial charge on any atom is -0.490 e. The van der Waals surface area contributed by atoms with Crippen LogP contribution in [0, 0.1) is 5.82 Å². The molecule has 1 atom stereocenters. The maximum Gasteiger partial charge on any atom is 0.315 e. The van der Waals surface area contributed by atoms with E-state index in [0.29, 0.717) is 19.4 Å². The molecule has 0 spiro atoms. The molecule has 1 fully saturated rings. The van der Waals surface area contributed by atoms with Crippen LogP contribution in [0.5, 0.6) is 5.75 Å². The lowest BCUT2D eigenvalue weighted by molar-refractivity contribution is 0.236. The summed E-state index contributed by atoms with van der Waals surface area (Å²) in [6.45, 7) is 0.638. The summed E-state index contributed by atoms with van der Waals surface area (Å²) >= 11 is 0. The van der Waals surface area contributed by atoms with Gasteiger partial charge in [-0.1, -0.05) is 12.1 Å². The van der Waals surface area contributed by atoms with Crippen LogP contribution in [0.2, 0.25) is 0 Å². The maximum atomic E-state index is 13.3. The summed E-state index contributed by atoms with van der Waals surface area (Å²) in [5.74, 6) is -0.121. The van der Waals surface area contributed by atoms with E-state index in [-0.39, 0.29) is 29.9 Å². The first-order valence-corrected chi connectivity index (χ1v) is 8.90. The predicted molar refractivity (Wildman–Crippen MR) is 80.1 cm³/mol. The van der Waals surface area contributed by atoms with Crippen molar-refractivity contribution in [2.24, 2.45) is 0 Å². The van der Waals surface area contributed by atoms with Gasteiger partial charge in [0.1, 0.15) is 0 Å². The lowest BCUT2D eigenvalue weighted by Crippen LogP contribution is -2.43. The molecule has 22 heavy (non-hydrogen) atoms. The van der Waals surface area contributed by atoms with Crippen LogP contribution >= 0.6 is 0 Å². The van der Waals surface area contributed by atoms with Crippen molar-refractivity contribution in [3.05, 3.63) is 30.1 Å². The highest BCUT2D eigenvalue weighted by atomic mass is 32.2. The number of urea groups is 1. The van der Waals surface area contributed by atoms with Gasteiger partial charge in [0.2, 0.25) is 0 Å². The van der Waals surface area contributed by atoms with E-state index in [4.69, 9.17) is 4.74 Å². The molecule has 0 radical (unpaired) electrons. The Bertz CT molecular complexity index is 621. The molecule has 0 aliphatic carbocycles. The number of carbonyl (C=O) groups is 1. The molecule has 1 aliphatic rings. The molecule has 0 bridgehead atoms. The van der Waals surface area contributed by atoms with Gasteiger partial charge in [-0.25, -0.2) is 17.6 Å². The van der Waals surface area contributed by atoms with E-state index in [9.17, 15) is 17.6 Å². The fraction of sp³-hybridized carbons (Fsp3) is 0.500. The zero-order chi connectivity index (χ0) is 16.0. The third kappa shape index (κ3) is 5.18. The minimum absolute atomic E-state index is 0.00316. The van der Waals surface area contributed by atoms with Gasteiger partial charge >= 0.3 is 6.03 Å². The Labute approximate surface area is 129 Å². The first-order valence-electron chi connectivity index (χ1n) is 7.08. The molecule has 122 valence electrons. The molecule has 1 aromatic rings. The van der Waals surface area contributed by atoms with Crippen LogP contribution in [0.15, 0.2) is 24.3 Å². The molecule has 1 aromatic carbocycles. The zero-order valence-electron chi connectivity index (χ0n) is 12.0. The molecule has 0 aromatic heterocycles. The van der Waals surface area contributed by atoms with Crippen LogP contribution < -0.4 is 15.4 Å². The number of hydrogen-bond donors (Lipinski definition) is 2. The van der Waals surface area contributed by atoms with Gasteiger partial charge in [0.05, 0.1) is 18.1 Å². The van der Waals surface area contributed by atoms with Gasteiger partial charge in [-0.2, -0.15) is 0 Å². The third-order valence-corrected chi connectivity index (χ3v) is 5.04. The number of nitrogens with one attached hydrogen (secondary N) is 2. The van der Waals surface area contributed by atoms with E-state index < -0.39 is 21.7 Å². The van der Waals surface area contributed by atoms with Gasteiger partial charge < -0.3 is 15.4 Å². The predicted octanol–water partition coefficient (Wildman–Crippen LogP) is 1.08. The van der Waals surface area contributed by atoms with Crippen LogP contribution in [-0.2, 0) is 9.84 Å². The second-order valence-electron chi connectivity index (χ2n) is 5.13. The Morgan fingerprint density at radius 2 is 2.14 bits per heavy atom. The minimum atomic E-state index is -3.00. The van der Waals surface area contributed by atoms with E-state index >= 15 is 0 Å². The monoisotopic (exact) mass is 330 g/mol. The van der Waals surface area contributed by atoms with E-state index in [1.54, 1.807) is 12.1 Å². The number of ether oxygens (including phenoxy) is 1. The van der Waals surface area contributed by atoms with Gasteiger partial charge in [-0.15, -0.1) is 0 Å². The lowest BCUT2D eigenvalue weighted by atomic mass is 10.3. The van der Waals surface area contributed by atoms with Crippen LogP contribution in [0.3, 0.4) is 0 Å². The van der Waals surface area contributed by atoms with Crippen molar-refractivity contribution >= 4 is 15.9 Å². The molecule has 2 amide bonds. The number of benzene rings is 1. The van der Waals surface area contributed by atoms with Crippen molar-refractivity contribution in [3.63, 3.8) is 0 Å². The number of hydrogen-bond acceptors (Lipinski definition) is 4. The van der Waals surface area contributed by atoms with Gasteiger partial charge in [-0.3, -0.25) is 0 Å². The van der Waals surface area contributed by atoms with E-state index in [1.807, 2.05) is 0 Å². The number of sulfone groups is 1. The Morgan fingerprint density at radius 1 is 1.36 bits per heavy atom. The fourth-order valence-electron chi connectivity index (χ4n) is 2.16. The second-order valence-corrected chi connectivity index (χ2v) is 7.36. The van der Waals surface area contributed by atoms with Crippen molar-refractivity contribution in [2.45, 2.75) is 18.9 Å². The van der Waals surface area contributed by atoms with Gasteiger partial charge in [-0.05, 0) is 25.0 Å².